The number of nitrogens with one attached hydrogen (secondary N) is 2. The zero-order valence-corrected chi connectivity index (χ0v) is 17.4. The van der Waals surface area contributed by atoms with Gasteiger partial charge in [0, 0.05) is 30.7 Å². The molecule has 30 heavy (non-hydrogen) atoms. The number of fused-ring (bicyclic) bond motifs is 2. The summed E-state index contributed by atoms with van der Waals surface area (Å²) in [6.45, 7) is 3.51. The maximum absolute atomic E-state index is 12.4. The number of benzene rings is 2. The molecule has 1 aliphatic rings. The van der Waals surface area contributed by atoms with Crippen molar-refractivity contribution in [2.75, 3.05) is 19.6 Å². The molecule has 0 atom stereocenters. The predicted octanol–water partition coefficient (Wildman–Crippen LogP) is 3.35. The standard InChI is InChI=1S/C22H24ClN5O2/c23-15-6-7-19-18(14-15)25-21(29)27(19)11-3-10-26-12-8-16(9-13-26)28-20-5-2-1-4-17(20)24-22(28)30/h1-2,4-7,14,16H,3,8-13H2,(H,24,30)(H,25,29). The van der Waals surface area contributed by atoms with Crippen LogP contribution >= 0.6 is 11.6 Å². The Kier molecular flexibility index (Phi) is 5.00. The average molecular weight is 426 g/mol. The van der Waals surface area contributed by atoms with Gasteiger partial charge in [0.05, 0.1) is 22.1 Å². The van der Waals surface area contributed by atoms with Crippen molar-refractivity contribution in [1.82, 2.24) is 24.0 Å². The minimum atomic E-state index is -0.0929. The van der Waals surface area contributed by atoms with Gasteiger partial charge in [-0.3, -0.25) is 9.13 Å². The first-order valence-electron chi connectivity index (χ1n) is 10.4. The fraction of sp³-hybridized carbons (Fsp3) is 0.364. The molecule has 0 unspecified atom stereocenters. The summed E-state index contributed by atoms with van der Waals surface area (Å²) in [5, 5.41) is 0.619. The second kappa shape index (κ2) is 7.81. The van der Waals surface area contributed by atoms with Gasteiger partial charge in [-0.05, 0) is 56.1 Å². The van der Waals surface area contributed by atoms with Gasteiger partial charge in [-0.25, -0.2) is 9.59 Å². The number of hydrogen-bond donors (Lipinski definition) is 2. The Morgan fingerprint density at radius 3 is 2.50 bits per heavy atom. The van der Waals surface area contributed by atoms with Crippen LogP contribution in [-0.2, 0) is 6.54 Å². The first-order valence-corrected chi connectivity index (χ1v) is 10.8. The van der Waals surface area contributed by atoms with Crippen LogP contribution in [0.3, 0.4) is 0 Å². The maximum atomic E-state index is 12.4. The second-order valence-electron chi connectivity index (χ2n) is 7.99. The fourth-order valence-electron chi connectivity index (χ4n) is 4.65. The van der Waals surface area contributed by atoms with E-state index in [9.17, 15) is 9.59 Å². The molecule has 0 spiro atoms. The molecule has 1 saturated heterocycles. The normalized spacial score (nSPS) is 16.0. The van der Waals surface area contributed by atoms with Crippen molar-refractivity contribution in [2.24, 2.45) is 0 Å². The molecule has 156 valence electrons. The molecule has 2 N–H and O–H groups in total. The molecule has 1 fully saturated rings. The van der Waals surface area contributed by atoms with Crippen molar-refractivity contribution in [3.05, 3.63) is 68.5 Å². The lowest BCUT2D eigenvalue weighted by Gasteiger charge is -2.32. The monoisotopic (exact) mass is 425 g/mol. The van der Waals surface area contributed by atoms with E-state index in [1.807, 2.05) is 41.0 Å². The molecule has 1 aliphatic heterocycles. The first kappa shape index (κ1) is 19.2. The zero-order chi connectivity index (χ0) is 20.7. The molecule has 8 heteroatoms. The highest BCUT2D eigenvalue weighted by Gasteiger charge is 2.23. The third-order valence-electron chi connectivity index (χ3n) is 6.14. The van der Waals surface area contributed by atoms with E-state index in [-0.39, 0.29) is 17.4 Å². The van der Waals surface area contributed by atoms with Crippen LogP contribution in [-0.4, -0.2) is 43.6 Å². The van der Waals surface area contributed by atoms with Crippen LogP contribution in [0, 0.1) is 0 Å². The summed E-state index contributed by atoms with van der Waals surface area (Å²) in [5.74, 6) is 0. The number of likely N-dealkylation sites (tertiary alicyclic amines) is 1. The summed E-state index contributed by atoms with van der Waals surface area (Å²) in [5.41, 5.74) is 3.44. The average Bonchev–Trinajstić information content (AvgIpc) is 3.23. The van der Waals surface area contributed by atoms with Crippen LogP contribution in [0.1, 0.15) is 25.3 Å². The van der Waals surface area contributed by atoms with Gasteiger partial charge < -0.3 is 14.9 Å². The molecule has 0 bridgehead atoms. The van der Waals surface area contributed by atoms with Gasteiger partial charge in [-0.1, -0.05) is 23.7 Å². The van der Waals surface area contributed by atoms with Crippen LogP contribution in [0.5, 0.6) is 0 Å². The summed E-state index contributed by atoms with van der Waals surface area (Å²) in [7, 11) is 0. The fourth-order valence-corrected chi connectivity index (χ4v) is 4.82. The molecule has 3 heterocycles. The molecule has 2 aromatic heterocycles. The van der Waals surface area contributed by atoms with Crippen LogP contribution < -0.4 is 11.4 Å². The number of hydrogen-bond acceptors (Lipinski definition) is 3. The lowest BCUT2D eigenvalue weighted by molar-refractivity contribution is 0.183. The highest BCUT2D eigenvalue weighted by Crippen LogP contribution is 2.25. The van der Waals surface area contributed by atoms with E-state index >= 15 is 0 Å². The third-order valence-corrected chi connectivity index (χ3v) is 6.37. The number of aromatic amines is 2. The van der Waals surface area contributed by atoms with Crippen LogP contribution in [0.2, 0.25) is 5.02 Å². The molecule has 0 amide bonds. The van der Waals surface area contributed by atoms with Gasteiger partial charge in [-0.15, -0.1) is 0 Å². The van der Waals surface area contributed by atoms with E-state index in [1.165, 1.54) is 0 Å². The summed E-state index contributed by atoms with van der Waals surface area (Å²) in [6.07, 6.45) is 2.80. The molecule has 5 rings (SSSR count). The minimum Gasteiger partial charge on any atom is -0.306 e. The van der Waals surface area contributed by atoms with Crippen LogP contribution in [0.4, 0.5) is 0 Å². The number of imidazole rings is 2. The Morgan fingerprint density at radius 2 is 1.67 bits per heavy atom. The summed E-state index contributed by atoms with van der Waals surface area (Å²) in [6, 6.07) is 13.6. The molecule has 7 nitrogen and oxygen atoms in total. The largest absolute Gasteiger partial charge is 0.326 e. The maximum Gasteiger partial charge on any atom is 0.326 e. The van der Waals surface area contributed by atoms with E-state index in [1.54, 1.807) is 10.6 Å². The SMILES string of the molecule is O=c1[nH]c2cc(Cl)ccc2n1CCCN1CCC(n2c(=O)[nH]c3ccccc32)CC1. The zero-order valence-electron chi connectivity index (χ0n) is 16.6. The van der Waals surface area contributed by atoms with Crippen LogP contribution in [0.25, 0.3) is 22.1 Å². The number of aryl methyl sites for hydroxylation is 1. The van der Waals surface area contributed by atoms with Gasteiger partial charge in [-0.2, -0.15) is 0 Å². The molecule has 0 radical (unpaired) electrons. The minimum absolute atomic E-state index is 0.0199. The topological polar surface area (TPSA) is 78.8 Å². The Balaban J connectivity index is 1.20. The predicted molar refractivity (Wildman–Crippen MR) is 119 cm³/mol. The van der Waals surface area contributed by atoms with E-state index in [4.69, 9.17) is 11.6 Å². The van der Waals surface area contributed by atoms with E-state index in [2.05, 4.69) is 14.9 Å². The van der Waals surface area contributed by atoms with E-state index in [0.717, 1.165) is 61.0 Å². The molecular weight excluding hydrogens is 402 g/mol. The van der Waals surface area contributed by atoms with Gasteiger partial charge >= 0.3 is 11.4 Å². The lowest BCUT2D eigenvalue weighted by Crippen LogP contribution is -2.37. The summed E-state index contributed by atoms with van der Waals surface area (Å²) >= 11 is 6.02. The summed E-state index contributed by atoms with van der Waals surface area (Å²) in [4.78, 5) is 32.9. The van der Waals surface area contributed by atoms with E-state index in [0.29, 0.717) is 11.6 Å². The number of nitrogens with zero attached hydrogens (tertiary/aromatic N) is 3. The third kappa shape index (κ3) is 3.48. The van der Waals surface area contributed by atoms with Crippen LogP contribution in [0.15, 0.2) is 52.1 Å². The van der Waals surface area contributed by atoms with Crippen molar-refractivity contribution < 1.29 is 0 Å². The van der Waals surface area contributed by atoms with Crippen molar-refractivity contribution in [1.29, 1.82) is 0 Å². The smallest absolute Gasteiger partial charge is 0.306 e. The van der Waals surface area contributed by atoms with Gasteiger partial charge in [0.25, 0.3) is 0 Å². The number of halogens is 1. The summed E-state index contributed by atoms with van der Waals surface area (Å²) < 4.78 is 3.70. The molecule has 0 aliphatic carbocycles. The van der Waals surface area contributed by atoms with Crippen molar-refractivity contribution in [3.8, 4) is 0 Å². The Bertz CT molecular complexity index is 1310. The second-order valence-corrected chi connectivity index (χ2v) is 8.42. The highest BCUT2D eigenvalue weighted by molar-refractivity contribution is 6.31. The Morgan fingerprint density at radius 1 is 0.900 bits per heavy atom. The van der Waals surface area contributed by atoms with Crippen molar-refractivity contribution in [3.63, 3.8) is 0 Å². The molecule has 2 aromatic carbocycles. The molecule has 4 aromatic rings. The number of H-pyrrole nitrogens is 2. The Hall–Kier alpha value is -2.77. The number of piperidine rings is 1. The quantitative estimate of drug-likeness (QED) is 0.514. The molecular formula is C22H24ClN5O2. The van der Waals surface area contributed by atoms with Gasteiger partial charge in [0.2, 0.25) is 0 Å². The molecule has 0 saturated carbocycles. The van der Waals surface area contributed by atoms with Crippen molar-refractivity contribution in [2.45, 2.75) is 31.8 Å². The Labute approximate surface area is 177 Å². The van der Waals surface area contributed by atoms with Crippen molar-refractivity contribution >= 4 is 33.7 Å². The highest BCUT2D eigenvalue weighted by atomic mass is 35.5. The number of rotatable bonds is 5. The van der Waals surface area contributed by atoms with E-state index < -0.39 is 0 Å². The van der Waals surface area contributed by atoms with Gasteiger partial charge in [0.1, 0.15) is 0 Å². The first-order chi connectivity index (χ1) is 14.6. The number of para-hydroxylation sites is 2. The number of aromatic nitrogens is 4. The van der Waals surface area contributed by atoms with Gasteiger partial charge in [0.15, 0.2) is 0 Å². The lowest BCUT2D eigenvalue weighted by atomic mass is 10.0.